The van der Waals surface area contributed by atoms with Gasteiger partial charge in [0.1, 0.15) is 0 Å². The first-order valence-corrected chi connectivity index (χ1v) is 6.67. The number of carboxylic acid groups (broad SMARTS) is 1. The highest BCUT2D eigenvalue weighted by Gasteiger charge is 2.24. The van der Waals surface area contributed by atoms with Gasteiger partial charge in [0.15, 0.2) is 0 Å². The minimum absolute atomic E-state index is 0.0919. The fourth-order valence-corrected chi connectivity index (χ4v) is 2.66. The quantitative estimate of drug-likeness (QED) is 0.906. The Morgan fingerprint density at radius 3 is 2.26 bits per heavy atom. The van der Waals surface area contributed by atoms with Crippen LogP contribution in [0.1, 0.15) is 48.5 Å². The summed E-state index contributed by atoms with van der Waals surface area (Å²) < 4.78 is 0. The van der Waals surface area contributed by atoms with Crippen LogP contribution in [0.3, 0.4) is 0 Å². The molecule has 1 fully saturated rings. The first kappa shape index (κ1) is 13.6. The molecule has 1 N–H and O–H groups in total. The van der Waals surface area contributed by atoms with Gasteiger partial charge in [0, 0.05) is 19.5 Å². The van der Waals surface area contributed by atoms with Crippen molar-refractivity contribution in [3.8, 4) is 0 Å². The Morgan fingerprint density at radius 2 is 1.79 bits per heavy atom. The molecule has 102 valence electrons. The zero-order valence-electron chi connectivity index (χ0n) is 11.1. The smallest absolute Gasteiger partial charge is 0.335 e. The normalized spacial score (nSPS) is 15.4. The predicted octanol–water partition coefficient (Wildman–Crippen LogP) is 2.68. The molecule has 4 nitrogen and oxygen atoms in total. The lowest BCUT2D eigenvalue weighted by molar-refractivity contribution is -0.131. The number of carbonyl (C=O) groups is 2. The molecule has 0 heterocycles. The van der Waals surface area contributed by atoms with Crippen LogP contribution in [0.2, 0.25) is 0 Å². The van der Waals surface area contributed by atoms with Crippen LogP contribution in [0.25, 0.3) is 0 Å². The molecule has 0 atom stereocenters. The second-order valence-corrected chi connectivity index (χ2v) is 5.09. The van der Waals surface area contributed by atoms with E-state index in [1.165, 1.54) is 12.8 Å². The van der Waals surface area contributed by atoms with E-state index >= 15 is 0 Å². The molecule has 0 aromatic heterocycles. The van der Waals surface area contributed by atoms with Crippen LogP contribution in [-0.4, -0.2) is 27.9 Å². The highest BCUT2D eigenvalue weighted by molar-refractivity contribution is 5.87. The molecule has 1 aromatic rings. The van der Waals surface area contributed by atoms with Gasteiger partial charge in [-0.3, -0.25) is 4.79 Å². The van der Waals surface area contributed by atoms with E-state index in [-0.39, 0.29) is 11.5 Å². The number of hydrogen-bond donors (Lipinski definition) is 1. The summed E-state index contributed by atoms with van der Waals surface area (Å²) in [4.78, 5) is 24.4. The number of carbonyl (C=O) groups excluding carboxylic acids is 1. The topological polar surface area (TPSA) is 57.6 Å². The van der Waals surface area contributed by atoms with Crippen LogP contribution < -0.4 is 0 Å². The molecule has 1 aliphatic carbocycles. The van der Waals surface area contributed by atoms with Gasteiger partial charge in [-0.1, -0.05) is 25.0 Å². The van der Waals surface area contributed by atoms with Gasteiger partial charge in [0.05, 0.1) is 5.56 Å². The Labute approximate surface area is 113 Å². The lowest BCUT2D eigenvalue weighted by Crippen LogP contribution is -2.36. The second-order valence-electron chi connectivity index (χ2n) is 5.09. The van der Waals surface area contributed by atoms with Gasteiger partial charge in [-0.15, -0.1) is 0 Å². The van der Waals surface area contributed by atoms with E-state index in [2.05, 4.69) is 0 Å². The van der Waals surface area contributed by atoms with Crippen molar-refractivity contribution in [3.05, 3.63) is 35.4 Å². The monoisotopic (exact) mass is 261 g/mol. The highest BCUT2D eigenvalue weighted by atomic mass is 16.4. The fourth-order valence-electron chi connectivity index (χ4n) is 2.66. The highest BCUT2D eigenvalue weighted by Crippen LogP contribution is 2.25. The van der Waals surface area contributed by atoms with E-state index < -0.39 is 5.97 Å². The Kier molecular flexibility index (Phi) is 4.20. The average Bonchev–Trinajstić information content (AvgIpc) is 2.89. The summed E-state index contributed by atoms with van der Waals surface area (Å²) in [5, 5.41) is 8.85. The first-order valence-electron chi connectivity index (χ1n) is 6.67. The number of benzene rings is 1. The third-order valence-corrected chi connectivity index (χ3v) is 3.72. The van der Waals surface area contributed by atoms with E-state index in [0.29, 0.717) is 12.6 Å². The van der Waals surface area contributed by atoms with Crippen LogP contribution in [0.5, 0.6) is 0 Å². The van der Waals surface area contributed by atoms with E-state index in [1.807, 2.05) is 4.90 Å². The number of rotatable bonds is 4. The lowest BCUT2D eigenvalue weighted by Gasteiger charge is -2.28. The molecule has 1 amide bonds. The number of aromatic carboxylic acids is 1. The zero-order chi connectivity index (χ0) is 13.8. The summed E-state index contributed by atoms with van der Waals surface area (Å²) in [6, 6.07) is 7.09. The molecular weight excluding hydrogens is 242 g/mol. The lowest BCUT2D eigenvalue weighted by atomic mass is 10.1. The second kappa shape index (κ2) is 5.87. The summed E-state index contributed by atoms with van der Waals surface area (Å²) in [6.07, 6.45) is 4.53. The Bertz CT molecular complexity index is 461. The molecular formula is C15H19NO3. The molecule has 2 rings (SSSR count). The Morgan fingerprint density at radius 1 is 1.21 bits per heavy atom. The standard InChI is InChI=1S/C15H19NO3/c1-11(17)16(14-4-2-3-5-14)10-12-6-8-13(9-7-12)15(18)19/h6-9,14H,2-5,10H2,1H3,(H,18,19). The van der Waals surface area contributed by atoms with E-state index in [9.17, 15) is 9.59 Å². The van der Waals surface area contributed by atoms with E-state index in [0.717, 1.165) is 18.4 Å². The maximum atomic E-state index is 11.7. The van der Waals surface area contributed by atoms with Crippen molar-refractivity contribution in [1.82, 2.24) is 4.90 Å². The van der Waals surface area contributed by atoms with Crippen LogP contribution in [0.4, 0.5) is 0 Å². The molecule has 0 radical (unpaired) electrons. The molecule has 0 spiro atoms. The minimum Gasteiger partial charge on any atom is -0.478 e. The maximum Gasteiger partial charge on any atom is 0.335 e. The van der Waals surface area contributed by atoms with Gasteiger partial charge in [-0.2, -0.15) is 0 Å². The van der Waals surface area contributed by atoms with E-state index in [1.54, 1.807) is 31.2 Å². The summed E-state index contributed by atoms with van der Waals surface area (Å²) in [5.41, 5.74) is 1.26. The van der Waals surface area contributed by atoms with Crippen molar-refractivity contribution < 1.29 is 14.7 Å². The minimum atomic E-state index is -0.925. The molecule has 1 saturated carbocycles. The largest absolute Gasteiger partial charge is 0.478 e. The first-order chi connectivity index (χ1) is 9.08. The van der Waals surface area contributed by atoms with Gasteiger partial charge in [-0.05, 0) is 30.5 Å². The molecule has 0 saturated heterocycles. The fraction of sp³-hybridized carbons (Fsp3) is 0.467. The predicted molar refractivity (Wildman–Crippen MR) is 71.9 cm³/mol. The van der Waals surface area contributed by atoms with Gasteiger partial charge >= 0.3 is 5.97 Å². The van der Waals surface area contributed by atoms with Crippen molar-refractivity contribution in [2.75, 3.05) is 0 Å². The van der Waals surface area contributed by atoms with Crippen molar-refractivity contribution in [1.29, 1.82) is 0 Å². The molecule has 0 unspecified atom stereocenters. The van der Waals surface area contributed by atoms with Crippen LogP contribution in [-0.2, 0) is 11.3 Å². The number of amides is 1. The van der Waals surface area contributed by atoms with Crippen LogP contribution in [0.15, 0.2) is 24.3 Å². The Balaban J connectivity index is 2.08. The summed E-state index contributed by atoms with van der Waals surface area (Å²) in [5.74, 6) is -0.833. The van der Waals surface area contributed by atoms with Crippen LogP contribution in [0, 0.1) is 0 Å². The zero-order valence-corrected chi connectivity index (χ0v) is 11.1. The summed E-state index contributed by atoms with van der Waals surface area (Å²) in [6.45, 7) is 2.17. The van der Waals surface area contributed by atoms with Gasteiger partial charge < -0.3 is 10.0 Å². The number of nitrogens with zero attached hydrogens (tertiary/aromatic N) is 1. The number of carboxylic acids is 1. The van der Waals surface area contributed by atoms with Gasteiger partial charge in [0.2, 0.25) is 5.91 Å². The van der Waals surface area contributed by atoms with E-state index in [4.69, 9.17) is 5.11 Å². The van der Waals surface area contributed by atoms with Crippen molar-refractivity contribution >= 4 is 11.9 Å². The molecule has 0 bridgehead atoms. The van der Waals surface area contributed by atoms with Crippen molar-refractivity contribution in [3.63, 3.8) is 0 Å². The van der Waals surface area contributed by atoms with Crippen molar-refractivity contribution in [2.45, 2.75) is 45.2 Å². The average molecular weight is 261 g/mol. The van der Waals surface area contributed by atoms with Gasteiger partial charge in [0.25, 0.3) is 0 Å². The molecule has 19 heavy (non-hydrogen) atoms. The molecule has 1 aromatic carbocycles. The van der Waals surface area contributed by atoms with Crippen LogP contribution >= 0.6 is 0 Å². The van der Waals surface area contributed by atoms with Crippen molar-refractivity contribution in [2.24, 2.45) is 0 Å². The summed E-state index contributed by atoms with van der Waals surface area (Å²) in [7, 11) is 0. The number of hydrogen-bond acceptors (Lipinski definition) is 2. The third-order valence-electron chi connectivity index (χ3n) is 3.72. The molecule has 4 heteroatoms. The summed E-state index contributed by atoms with van der Waals surface area (Å²) >= 11 is 0. The molecule has 1 aliphatic rings. The van der Waals surface area contributed by atoms with Gasteiger partial charge in [-0.25, -0.2) is 4.79 Å². The Hall–Kier alpha value is -1.84. The third kappa shape index (κ3) is 3.34. The SMILES string of the molecule is CC(=O)N(Cc1ccc(C(=O)O)cc1)C1CCCC1. The molecule has 0 aliphatic heterocycles. The maximum absolute atomic E-state index is 11.7.